The maximum Gasteiger partial charge on any atom is 0.315 e. The van der Waals surface area contributed by atoms with E-state index in [2.05, 4.69) is 24.5 Å². The lowest BCUT2D eigenvalue weighted by molar-refractivity contribution is 0.0800. The molecular formula is C12H25N3O2. The van der Waals surface area contributed by atoms with Crippen molar-refractivity contribution in [2.75, 3.05) is 19.8 Å². The van der Waals surface area contributed by atoms with Gasteiger partial charge in [-0.05, 0) is 18.8 Å². The average Bonchev–Trinajstić information content (AvgIpc) is 2.36. The highest BCUT2D eigenvalue weighted by molar-refractivity contribution is 5.74. The van der Waals surface area contributed by atoms with Gasteiger partial charge in [0.1, 0.15) is 0 Å². The zero-order chi connectivity index (χ0) is 12.7. The second-order valence-corrected chi connectivity index (χ2v) is 4.79. The SMILES string of the molecule is CCC(C)[C@H](N)CNC(=O)NC1CCOCC1. The van der Waals surface area contributed by atoms with E-state index in [0.717, 1.165) is 32.5 Å². The highest BCUT2D eigenvalue weighted by atomic mass is 16.5. The first kappa shape index (κ1) is 14.3. The second-order valence-electron chi connectivity index (χ2n) is 4.79. The Morgan fingerprint density at radius 3 is 2.71 bits per heavy atom. The van der Waals surface area contributed by atoms with Crippen molar-refractivity contribution >= 4 is 6.03 Å². The van der Waals surface area contributed by atoms with Gasteiger partial charge in [-0.3, -0.25) is 0 Å². The molecule has 0 aromatic rings. The summed E-state index contributed by atoms with van der Waals surface area (Å²) in [6.07, 6.45) is 2.82. The van der Waals surface area contributed by atoms with Crippen LogP contribution in [-0.4, -0.2) is 37.9 Å². The normalized spacial score (nSPS) is 20.6. The summed E-state index contributed by atoms with van der Waals surface area (Å²) in [5, 5.41) is 5.77. The number of amides is 2. The Balaban J connectivity index is 2.16. The molecule has 0 saturated carbocycles. The van der Waals surface area contributed by atoms with Crippen LogP contribution >= 0.6 is 0 Å². The van der Waals surface area contributed by atoms with Crippen LogP contribution in [-0.2, 0) is 4.74 Å². The number of hydrogen-bond donors (Lipinski definition) is 3. The minimum absolute atomic E-state index is 0.0282. The number of carbonyl (C=O) groups is 1. The summed E-state index contributed by atoms with van der Waals surface area (Å²) in [6.45, 7) is 6.20. The molecular weight excluding hydrogens is 218 g/mol. The third-order valence-corrected chi connectivity index (χ3v) is 3.43. The van der Waals surface area contributed by atoms with Crippen molar-refractivity contribution in [2.24, 2.45) is 11.7 Å². The molecule has 1 rings (SSSR count). The van der Waals surface area contributed by atoms with E-state index in [1.807, 2.05) is 0 Å². The summed E-state index contributed by atoms with van der Waals surface area (Å²) in [6, 6.07) is 0.152. The average molecular weight is 243 g/mol. The van der Waals surface area contributed by atoms with E-state index in [-0.39, 0.29) is 18.1 Å². The van der Waals surface area contributed by atoms with Gasteiger partial charge in [0.2, 0.25) is 0 Å². The molecule has 2 atom stereocenters. The zero-order valence-electron chi connectivity index (χ0n) is 10.9. The van der Waals surface area contributed by atoms with Crippen LogP contribution in [0.4, 0.5) is 4.79 Å². The van der Waals surface area contributed by atoms with Crippen LogP contribution in [0.25, 0.3) is 0 Å². The molecule has 1 saturated heterocycles. The van der Waals surface area contributed by atoms with Crippen LogP contribution in [0.2, 0.25) is 0 Å². The fourth-order valence-corrected chi connectivity index (χ4v) is 1.79. The smallest absolute Gasteiger partial charge is 0.315 e. The van der Waals surface area contributed by atoms with Crippen molar-refractivity contribution in [3.63, 3.8) is 0 Å². The highest BCUT2D eigenvalue weighted by Gasteiger charge is 2.17. The lowest BCUT2D eigenvalue weighted by atomic mass is 10.0. The van der Waals surface area contributed by atoms with E-state index in [1.165, 1.54) is 0 Å². The molecule has 0 aromatic carbocycles. The summed E-state index contributed by atoms with van der Waals surface area (Å²) < 4.78 is 5.23. The van der Waals surface area contributed by atoms with Gasteiger partial charge in [0.05, 0.1) is 0 Å². The monoisotopic (exact) mass is 243 g/mol. The molecule has 1 heterocycles. The molecule has 1 aliphatic heterocycles. The van der Waals surface area contributed by atoms with E-state index in [0.29, 0.717) is 12.5 Å². The number of urea groups is 1. The maximum absolute atomic E-state index is 11.6. The Hall–Kier alpha value is -0.810. The zero-order valence-corrected chi connectivity index (χ0v) is 10.9. The van der Waals surface area contributed by atoms with Crippen molar-refractivity contribution in [3.05, 3.63) is 0 Å². The molecule has 0 bridgehead atoms. The number of nitrogens with two attached hydrogens (primary N) is 1. The first-order valence-electron chi connectivity index (χ1n) is 6.51. The fraction of sp³-hybridized carbons (Fsp3) is 0.917. The number of carbonyl (C=O) groups excluding carboxylic acids is 1. The topological polar surface area (TPSA) is 76.4 Å². The number of rotatable bonds is 5. The summed E-state index contributed by atoms with van der Waals surface area (Å²) in [7, 11) is 0. The standard InChI is InChI=1S/C12H25N3O2/c1-3-9(2)11(13)8-14-12(16)15-10-4-6-17-7-5-10/h9-11H,3-8,13H2,1-2H3,(H2,14,15,16)/t9?,11-/m1/s1. The van der Waals surface area contributed by atoms with Crippen molar-refractivity contribution in [2.45, 2.75) is 45.2 Å². The molecule has 1 fully saturated rings. The van der Waals surface area contributed by atoms with Gasteiger partial charge in [0.25, 0.3) is 0 Å². The van der Waals surface area contributed by atoms with E-state index < -0.39 is 0 Å². The molecule has 0 aromatic heterocycles. The van der Waals surface area contributed by atoms with Crippen LogP contribution in [0.15, 0.2) is 0 Å². The summed E-state index contributed by atoms with van der Waals surface area (Å²) in [4.78, 5) is 11.6. The van der Waals surface area contributed by atoms with Crippen LogP contribution in [0.1, 0.15) is 33.1 Å². The van der Waals surface area contributed by atoms with Crippen LogP contribution < -0.4 is 16.4 Å². The molecule has 17 heavy (non-hydrogen) atoms. The van der Waals surface area contributed by atoms with Crippen molar-refractivity contribution in [1.82, 2.24) is 10.6 Å². The van der Waals surface area contributed by atoms with E-state index in [9.17, 15) is 4.79 Å². The van der Waals surface area contributed by atoms with Gasteiger partial charge in [0, 0.05) is 31.8 Å². The minimum Gasteiger partial charge on any atom is -0.381 e. The first-order chi connectivity index (χ1) is 8.13. The Morgan fingerprint density at radius 2 is 2.12 bits per heavy atom. The Bertz CT molecular complexity index is 230. The van der Waals surface area contributed by atoms with E-state index in [4.69, 9.17) is 10.5 Å². The van der Waals surface area contributed by atoms with Gasteiger partial charge in [-0.2, -0.15) is 0 Å². The third kappa shape index (κ3) is 5.37. The van der Waals surface area contributed by atoms with Gasteiger partial charge in [-0.1, -0.05) is 20.3 Å². The first-order valence-corrected chi connectivity index (χ1v) is 6.51. The Kier molecular flexibility index (Phi) is 6.29. The van der Waals surface area contributed by atoms with Gasteiger partial charge < -0.3 is 21.1 Å². The summed E-state index contributed by atoms with van der Waals surface area (Å²) in [5.41, 5.74) is 5.95. The molecule has 1 unspecified atom stereocenters. The fourth-order valence-electron chi connectivity index (χ4n) is 1.79. The van der Waals surface area contributed by atoms with Crippen molar-refractivity contribution in [1.29, 1.82) is 0 Å². The molecule has 5 nitrogen and oxygen atoms in total. The lowest BCUT2D eigenvalue weighted by Crippen LogP contribution is -2.48. The lowest BCUT2D eigenvalue weighted by Gasteiger charge is -2.24. The molecule has 100 valence electrons. The molecule has 4 N–H and O–H groups in total. The van der Waals surface area contributed by atoms with Crippen LogP contribution in [0, 0.1) is 5.92 Å². The highest BCUT2D eigenvalue weighted by Crippen LogP contribution is 2.06. The number of ether oxygens (including phenoxy) is 1. The molecule has 0 spiro atoms. The summed E-state index contributed by atoms with van der Waals surface area (Å²) in [5.74, 6) is 0.429. The van der Waals surface area contributed by atoms with Crippen LogP contribution in [0.5, 0.6) is 0 Å². The quantitative estimate of drug-likeness (QED) is 0.669. The molecule has 5 heteroatoms. The van der Waals surface area contributed by atoms with E-state index in [1.54, 1.807) is 0 Å². The van der Waals surface area contributed by atoms with Crippen molar-refractivity contribution in [3.8, 4) is 0 Å². The van der Waals surface area contributed by atoms with Crippen molar-refractivity contribution < 1.29 is 9.53 Å². The largest absolute Gasteiger partial charge is 0.381 e. The second kappa shape index (κ2) is 7.50. The molecule has 0 aliphatic carbocycles. The Labute approximate surface area is 103 Å². The number of hydrogen-bond acceptors (Lipinski definition) is 3. The molecule has 1 aliphatic rings. The summed E-state index contributed by atoms with van der Waals surface area (Å²) >= 11 is 0. The molecule has 2 amide bonds. The predicted molar refractivity (Wildman–Crippen MR) is 67.8 cm³/mol. The van der Waals surface area contributed by atoms with Gasteiger partial charge in [0.15, 0.2) is 0 Å². The minimum atomic E-state index is -0.115. The third-order valence-electron chi connectivity index (χ3n) is 3.43. The Morgan fingerprint density at radius 1 is 1.47 bits per heavy atom. The maximum atomic E-state index is 11.6. The van der Waals surface area contributed by atoms with E-state index >= 15 is 0 Å². The number of nitrogens with one attached hydrogen (secondary N) is 2. The van der Waals surface area contributed by atoms with Gasteiger partial charge in [-0.25, -0.2) is 4.79 Å². The molecule has 0 radical (unpaired) electrons. The van der Waals surface area contributed by atoms with Gasteiger partial charge >= 0.3 is 6.03 Å². The van der Waals surface area contributed by atoms with Gasteiger partial charge in [-0.15, -0.1) is 0 Å². The predicted octanol–water partition coefficient (Wildman–Crippen LogP) is 0.838. The van der Waals surface area contributed by atoms with Crippen LogP contribution in [0.3, 0.4) is 0 Å².